The van der Waals surface area contributed by atoms with Gasteiger partial charge in [0.1, 0.15) is 41.9 Å². The van der Waals surface area contributed by atoms with Crippen LogP contribution in [0, 0.1) is 35.0 Å². The van der Waals surface area contributed by atoms with E-state index in [1.54, 1.807) is 58.9 Å². The monoisotopic (exact) mass is 1010 g/mol. The molecule has 16 nitrogen and oxygen atoms in total. The average molecular weight is 1010 g/mol. The SMILES string of the molecule is Cc1ncsc1-c1ccc([C@H](C)NC(=O)[C@@H]2C[C@@H](O)CN2C(=O)[C@H](C(C)C)n2cc(-c3ccnc(OC4CN(c5ccc(C(=O)NC6C(C)(C)C(Oc7ccc(C#N)c(Cl)c7)C6(C)C)cn5)C4)c3)cn2)cc1. The van der Waals surface area contributed by atoms with Crippen LogP contribution in [0.25, 0.3) is 21.6 Å². The molecule has 1 aliphatic carbocycles. The number of aryl methyl sites for hydroxylation is 1. The van der Waals surface area contributed by atoms with E-state index in [0.717, 1.165) is 38.6 Å². The maximum Gasteiger partial charge on any atom is 0.253 e. The zero-order chi connectivity index (χ0) is 51.2. The van der Waals surface area contributed by atoms with Gasteiger partial charge >= 0.3 is 0 Å². The molecule has 3 N–H and O–H groups in total. The third-order valence-electron chi connectivity index (χ3n) is 14.4. The molecule has 4 atom stereocenters. The number of benzene rings is 2. The summed E-state index contributed by atoms with van der Waals surface area (Å²) >= 11 is 7.85. The summed E-state index contributed by atoms with van der Waals surface area (Å²) in [6.45, 7) is 17.2. The number of ether oxygens (including phenoxy) is 2. The van der Waals surface area contributed by atoms with Crippen molar-refractivity contribution in [3.63, 3.8) is 0 Å². The lowest BCUT2D eigenvalue weighted by Crippen LogP contribution is -2.74. The Morgan fingerprint density at radius 1 is 0.903 bits per heavy atom. The zero-order valence-corrected chi connectivity index (χ0v) is 43.1. The van der Waals surface area contributed by atoms with Crippen LogP contribution in [0.3, 0.4) is 0 Å². The summed E-state index contributed by atoms with van der Waals surface area (Å²) in [5, 5.41) is 31.3. The number of halogens is 1. The van der Waals surface area contributed by atoms with Crippen molar-refractivity contribution in [2.45, 2.75) is 104 Å². The number of pyridine rings is 2. The molecule has 0 bridgehead atoms. The number of aliphatic hydroxyl groups excluding tert-OH is 1. The Balaban J connectivity index is 0.776. The number of hydrogen-bond donors (Lipinski definition) is 3. The third-order valence-corrected chi connectivity index (χ3v) is 15.7. The van der Waals surface area contributed by atoms with E-state index in [9.17, 15) is 24.8 Å². The van der Waals surface area contributed by atoms with Crippen LogP contribution < -0.4 is 25.0 Å². The number of carbonyl (C=O) groups is 3. The molecule has 72 heavy (non-hydrogen) atoms. The number of aliphatic hydroxyl groups is 1. The number of likely N-dealkylation sites (tertiary alicyclic amines) is 1. The first-order chi connectivity index (χ1) is 34.3. The fourth-order valence-electron chi connectivity index (χ4n) is 10.8. The summed E-state index contributed by atoms with van der Waals surface area (Å²) in [4.78, 5) is 59.8. The van der Waals surface area contributed by atoms with Gasteiger partial charge in [-0.05, 0) is 66.8 Å². The van der Waals surface area contributed by atoms with E-state index in [1.165, 1.54) is 4.90 Å². The Kier molecular flexibility index (Phi) is 13.9. The highest BCUT2D eigenvalue weighted by Gasteiger charge is 2.64. The Hall–Kier alpha value is -6.87. The van der Waals surface area contributed by atoms with Gasteiger partial charge in [0.25, 0.3) is 5.91 Å². The molecule has 3 amide bonds. The summed E-state index contributed by atoms with van der Waals surface area (Å²) < 4.78 is 14.3. The molecular formula is C54H59ClN10O6S. The Morgan fingerprint density at radius 3 is 2.31 bits per heavy atom. The van der Waals surface area contributed by atoms with Crippen LogP contribution >= 0.6 is 22.9 Å². The van der Waals surface area contributed by atoms with Crippen LogP contribution in [-0.2, 0) is 9.59 Å². The van der Waals surface area contributed by atoms with E-state index in [0.29, 0.717) is 40.9 Å². The summed E-state index contributed by atoms with van der Waals surface area (Å²) in [6.07, 6.45) is 5.70. The van der Waals surface area contributed by atoms with Crippen molar-refractivity contribution in [1.82, 2.24) is 40.3 Å². The minimum absolute atomic E-state index is 0.0453. The van der Waals surface area contributed by atoms with Gasteiger partial charge in [0, 0.05) is 66.1 Å². The van der Waals surface area contributed by atoms with Crippen molar-refractivity contribution in [3.05, 3.63) is 124 Å². The van der Waals surface area contributed by atoms with E-state index in [4.69, 9.17) is 21.1 Å². The normalized spacial score (nSPS) is 21.0. The van der Waals surface area contributed by atoms with Crippen LogP contribution in [0.1, 0.15) is 94.1 Å². The number of amides is 3. The first-order valence-electron chi connectivity index (χ1n) is 24.2. The Morgan fingerprint density at radius 2 is 1.65 bits per heavy atom. The largest absolute Gasteiger partial charge is 0.489 e. The van der Waals surface area contributed by atoms with Gasteiger partial charge < -0.3 is 35.0 Å². The number of β-amino-alcohol motifs (C(OH)–C–C–N with tert-alkyl or cyclic N) is 1. The smallest absolute Gasteiger partial charge is 0.253 e. The van der Waals surface area contributed by atoms with Crippen LogP contribution in [0.15, 0.2) is 97.0 Å². The lowest BCUT2D eigenvalue weighted by Gasteiger charge is -2.63. The second-order valence-corrected chi connectivity index (χ2v) is 21.9. The standard InChI is InChI=1S/C54H59ClN10O6S/c1-30(2)46(50(69)64-26-39(66)20-43(64)49(68)61-31(3)33-9-11-34(12-10-33)47-32(4)59-29-72-47)65-25-38(24-60-65)35-17-18-57-45(19-35)70-41-27-63(28-41)44-16-14-37(23-58-44)48(67)62-51-53(5,6)52(54(51,7)8)71-40-15-13-36(22-56)42(55)21-40/h9-19,21,23-25,29-31,39,41,43,46,51-52,66H,20,26-28H2,1-8H3,(H,61,68)(H,62,67)/t31-,39+,43-,46-,51?,52?/m0/s1. The van der Waals surface area contributed by atoms with Gasteiger partial charge in [-0.25, -0.2) is 15.0 Å². The van der Waals surface area contributed by atoms with Gasteiger partial charge in [0.15, 0.2) is 0 Å². The van der Waals surface area contributed by atoms with Crippen LogP contribution in [0.2, 0.25) is 5.02 Å². The van der Waals surface area contributed by atoms with Crippen molar-refractivity contribution < 1.29 is 29.0 Å². The number of nitrogens with zero attached hydrogens (tertiary/aromatic N) is 8. The van der Waals surface area contributed by atoms with Gasteiger partial charge in [-0.3, -0.25) is 19.1 Å². The first kappa shape index (κ1) is 50.1. The molecule has 6 aromatic rings. The predicted octanol–water partition coefficient (Wildman–Crippen LogP) is 8.21. The van der Waals surface area contributed by atoms with Gasteiger partial charge in [0.2, 0.25) is 17.7 Å². The molecule has 0 radical (unpaired) electrons. The predicted molar refractivity (Wildman–Crippen MR) is 275 cm³/mol. The number of nitrogens with one attached hydrogen (secondary N) is 2. The highest BCUT2D eigenvalue weighted by Crippen LogP contribution is 2.55. The molecule has 2 saturated heterocycles. The third kappa shape index (κ3) is 9.87. The lowest BCUT2D eigenvalue weighted by atomic mass is 9.49. The molecule has 0 spiro atoms. The van der Waals surface area contributed by atoms with Crippen LogP contribution in [-0.4, -0.2) is 102 Å². The number of hydrogen-bond acceptors (Lipinski definition) is 13. The Bertz CT molecular complexity index is 3000. The maximum atomic E-state index is 14.4. The Labute approximate surface area is 428 Å². The van der Waals surface area contributed by atoms with E-state index in [2.05, 4.69) is 69.3 Å². The summed E-state index contributed by atoms with van der Waals surface area (Å²) in [7, 11) is 0. The number of carbonyl (C=O) groups excluding carboxylic acids is 3. The fourth-order valence-corrected chi connectivity index (χ4v) is 11.8. The van der Waals surface area contributed by atoms with E-state index in [-0.39, 0.29) is 60.9 Å². The molecule has 9 rings (SSSR count). The topological polar surface area (TPSA) is 201 Å². The zero-order valence-electron chi connectivity index (χ0n) is 41.5. The average Bonchev–Trinajstić information content (AvgIpc) is 4.11. The lowest BCUT2D eigenvalue weighted by molar-refractivity contribution is -0.164. The van der Waals surface area contributed by atoms with E-state index >= 15 is 0 Å². The quantitative estimate of drug-likeness (QED) is 0.0892. The number of anilines is 1. The highest BCUT2D eigenvalue weighted by atomic mass is 35.5. The van der Waals surface area contributed by atoms with Gasteiger partial charge in [0.05, 0.1) is 63.7 Å². The number of rotatable bonds is 15. The fraction of sp³-hybridized carbons (Fsp3) is 0.407. The van der Waals surface area contributed by atoms with Crippen molar-refractivity contribution in [1.29, 1.82) is 5.26 Å². The molecule has 3 fully saturated rings. The molecule has 3 aliphatic rings. The van der Waals surface area contributed by atoms with Gasteiger partial charge in [-0.2, -0.15) is 10.4 Å². The van der Waals surface area contributed by atoms with E-state index < -0.39 is 29.0 Å². The number of aromatic nitrogens is 5. The van der Waals surface area contributed by atoms with Crippen molar-refractivity contribution in [3.8, 4) is 39.3 Å². The molecule has 18 heteroatoms. The molecule has 2 aromatic carbocycles. The summed E-state index contributed by atoms with van der Waals surface area (Å²) in [5.41, 5.74) is 6.36. The minimum atomic E-state index is -0.840. The van der Waals surface area contributed by atoms with Crippen molar-refractivity contribution >= 4 is 46.5 Å². The van der Waals surface area contributed by atoms with Crippen molar-refractivity contribution in [2.75, 3.05) is 24.5 Å². The van der Waals surface area contributed by atoms with Crippen LogP contribution in [0.4, 0.5) is 5.82 Å². The van der Waals surface area contributed by atoms with Crippen LogP contribution in [0.5, 0.6) is 11.6 Å². The van der Waals surface area contributed by atoms with Crippen molar-refractivity contribution in [2.24, 2.45) is 16.7 Å². The summed E-state index contributed by atoms with van der Waals surface area (Å²) in [6, 6.07) is 20.3. The summed E-state index contributed by atoms with van der Waals surface area (Å²) in [5.74, 6) is 0.723. The first-order valence-corrected chi connectivity index (χ1v) is 25.4. The maximum absolute atomic E-state index is 14.4. The second-order valence-electron chi connectivity index (χ2n) is 20.6. The number of nitriles is 1. The molecular weight excluding hydrogens is 952 g/mol. The van der Waals surface area contributed by atoms with E-state index in [1.807, 2.05) is 81.9 Å². The molecule has 374 valence electrons. The minimum Gasteiger partial charge on any atom is -0.489 e. The highest BCUT2D eigenvalue weighted by molar-refractivity contribution is 7.13. The number of thiazole rings is 1. The van der Waals surface area contributed by atoms with Gasteiger partial charge in [-0.1, -0.05) is 77.4 Å². The molecule has 2 aliphatic heterocycles. The van der Waals surface area contributed by atoms with Gasteiger partial charge in [-0.15, -0.1) is 11.3 Å². The molecule has 1 saturated carbocycles. The second kappa shape index (κ2) is 20.0. The molecule has 6 heterocycles. The molecule has 0 unspecified atom stereocenters. The molecule has 4 aromatic heterocycles.